The number of carbonyl (C=O) groups is 2. The third-order valence-corrected chi connectivity index (χ3v) is 6.15. The minimum Gasteiger partial charge on any atom is -0.494 e. The Labute approximate surface area is 197 Å². The molecule has 0 atom stereocenters. The van der Waals surface area contributed by atoms with E-state index in [1.165, 1.54) is 5.56 Å². The maximum absolute atomic E-state index is 12.7. The molecule has 33 heavy (non-hydrogen) atoms. The second kappa shape index (κ2) is 11.8. The van der Waals surface area contributed by atoms with Crippen LogP contribution in [-0.2, 0) is 16.1 Å². The molecular formula is C26H36N4O3. The number of nitrogens with one attached hydrogen (secondary N) is 1. The van der Waals surface area contributed by atoms with E-state index in [4.69, 9.17) is 4.74 Å². The fourth-order valence-electron chi connectivity index (χ4n) is 3.92. The smallest absolute Gasteiger partial charge is 0.238 e. The standard InChI is InChI=1S/C26H36N4O3/c1-5-33-23-11-9-22(10-12-23)17-28(4)26(32)19-30-15-13-29(14-16-30)18-25(31)27-24-8-6-7-20(2)21(24)3/h6-12H,5,13-19H2,1-4H3,(H,27,31). The number of hydrogen-bond acceptors (Lipinski definition) is 5. The number of anilines is 1. The molecule has 1 saturated heterocycles. The summed E-state index contributed by atoms with van der Waals surface area (Å²) in [6.07, 6.45) is 0. The van der Waals surface area contributed by atoms with Gasteiger partial charge in [-0.3, -0.25) is 19.4 Å². The van der Waals surface area contributed by atoms with Crippen molar-refractivity contribution in [2.75, 3.05) is 58.2 Å². The Morgan fingerprint density at radius 1 is 0.970 bits per heavy atom. The summed E-state index contributed by atoms with van der Waals surface area (Å²) in [7, 11) is 1.84. The molecule has 0 radical (unpaired) electrons. The number of likely N-dealkylation sites (N-methyl/N-ethyl adjacent to an activating group) is 1. The highest BCUT2D eigenvalue weighted by molar-refractivity contribution is 5.93. The van der Waals surface area contributed by atoms with Crippen molar-refractivity contribution in [1.82, 2.24) is 14.7 Å². The van der Waals surface area contributed by atoms with E-state index in [1.54, 1.807) is 4.90 Å². The van der Waals surface area contributed by atoms with Crippen LogP contribution in [0.25, 0.3) is 0 Å². The SMILES string of the molecule is CCOc1ccc(CN(C)C(=O)CN2CCN(CC(=O)Nc3cccc(C)c3C)CC2)cc1. The first kappa shape index (κ1) is 24.7. The molecule has 1 heterocycles. The summed E-state index contributed by atoms with van der Waals surface area (Å²) in [5.74, 6) is 0.948. The van der Waals surface area contributed by atoms with E-state index >= 15 is 0 Å². The van der Waals surface area contributed by atoms with E-state index in [0.29, 0.717) is 26.2 Å². The van der Waals surface area contributed by atoms with Gasteiger partial charge in [0.25, 0.3) is 0 Å². The number of ether oxygens (including phenoxy) is 1. The normalized spacial score (nSPS) is 14.7. The lowest BCUT2D eigenvalue weighted by Crippen LogP contribution is -2.51. The Morgan fingerprint density at radius 3 is 2.24 bits per heavy atom. The topological polar surface area (TPSA) is 65.1 Å². The van der Waals surface area contributed by atoms with Crippen molar-refractivity contribution < 1.29 is 14.3 Å². The van der Waals surface area contributed by atoms with Crippen LogP contribution < -0.4 is 10.1 Å². The first-order valence-corrected chi connectivity index (χ1v) is 11.6. The van der Waals surface area contributed by atoms with Gasteiger partial charge in [-0.2, -0.15) is 0 Å². The van der Waals surface area contributed by atoms with Gasteiger partial charge in [-0.05, 0) is 55.7 Å². The molecule has 2 aromatic carbocycles. The van der Waals surface area contributed by atoms with Gasteiger partial charge in [0.1, 0.15) is 5.75 Å². The van der Waals surface area contributed by atoms with Crippen LogP contribution in [-0.4, -0.2) is 79.4 Å². The Bertz CT molecular complexity index is 937. The Morgan fingerprint density at radius 2 is 1.61 bits per heavy atom. The third-order valence-electron chi connectivity index (χ3n) is 6.15. The molecule has 3 rings (SSSR count). The number of hydrogen-bond donors (Lipinski definition) is 1. The molecule has 0 aromatic heterocycles. The first-order valence-electron chi connectivity index (χ1n) is 11.6. The average Bonchev–Trinajstić information content (AvgIpc) is 2.79. The largest absolute Gasteiger partial charge is 0.494 e. The Balaban J connectivity index is 1.39. The van der Waals surface area contributed by atoms with Crippen LogP contribution in [0.15, 0.2) is 42.5 Å². The summed E-state index contributed by atoms with van der Waals surface area (Å²) in [5, 5.41) is 3.03. The fraction of sp³-hybridized carbons (Fsp3) is 0.462. The zero-order chi connectivity index (χ0) is 23.8. The summed E-state index contributed by atoms with van der Waals surface area (Å²) in [6, 6.07) is 13.8. The van der Waals surface area contributed by atoms with Gasteiger partial charge >= 0.3 is 0 Å². The summed E-state index contributed by atoms with van der Waals surface area (Å²) in [4.78, 5) is 31.2. The first-order chi connectivity index (χ1) is 15.9. The zero-order valence-corrected chi connectivity index (χ0v) is 20.3. The van der Waals surface area contributed by atoms with Crippen LogP contribution in [0.5, 0.6) is 5.75 Å². The van der Waals surface area contributed by atoms with Crippen LogP contribution >= 0.6 is 0 Å². The quantitative estimate of drug-likeness (QED) is 0.634. The molecule has 7 nitrogen and oxygen atoms in total. The number of rotatable bonds is 9. The van der Waals surface area contributed by atoms with Crippen molar-refractivity contribution in [2.45, 2.75) is 27.3 Å². The Hall–Kier alpha value is -2.90. The molecule has 0 aliphatic carbocycles. The number of aryl methyl sites for hydroxylation is 1. The molecule has 0 saturated carbocycles. The van der Waals surface area contributed by atoms with Crippen molar-refractivity contribution in [3.8, 4) is 5.75 Å². The van der Waals surface area contributed by atoms with Gasteiger partial charge in [-0.25, -0.2) is 0 Å². The van der Waals surface area contributed by atoms with Crippen molar-refractivity contribution >= 4 is 17.5 Å². The summed E-state index contributed by atoms with van der Waals surface area (Å²) in [6.45, 7) is 11.1. The van der Waals surface area contributed by atoms with Crippen molar-refractivity contribution in [3.05, 3.63) is 59.2 Å². The molecule has 2 amide bonds. The maximum Gasteiger partial charge on any atom is 0.238 e. The highest BCUT2D eigenvalue weighted by atomic mass is 16.5. The van der Waals surface area contributed by atoms with Crippen LogP contribution in [0.2, 0.25) is 0 Å². The molecule has 1 aliphatic rings. The summed E-state index contributed by atoms with van der Waals surface area (Å²) >= 11 is 0. The van der Waals surface area contributed by atoms with Crippen LogP contribution in [0, 0.1) is 13.8 Å². The number of benzene rings is 2. The molecule has 0 spiro atoms. The lowest BCUT2D eigenvalue weighted by atomic mass is 10.1. The molecule has 1 fully saturated rings. The number of amides is 2. The summed E-state index contributed by atoms with van der Waals surface area (Å²) < 4.78 is 5.47. The van der Waals surface area contributed by atoms with Gasteiger partial charge in [0.15, 0.2) is 0 Å². The van der Waals surface area contributed by atoms with Gasteiger partial charge in [-0.15, -0.1) is 0 Å². The maximum atomic E-state index is 12.7. The lowest BCUT2D eigenvalue weighted by molar-refractivity contribution is -0.132. The summed E-state index contributed by atoms with van der Waals surface area (Å²) in [5.41, 5.74) is 4.22. The molecule has 0 bridgehead atoms. The minimum absolute atomic E-state index is 0.00307. The van der Waals surface area contributed by atoms with Gasteiger partial charge in [0.2, 0.25) is 11.8 Å². The monoisotopic (exact) mass is 452 g/mol. The molecule has 1 aliphatic heterocycles. The average molecular weight is 453 g/mol. The predicted molar refractivity (Wildman–Crippen MR) is 132 cm³/mol. The minimum atomic E-state index is 0.00307. The van der Waals surface area contributed by atoms with Crippen molar-refractivity contribution in [3.63, 3.8) is 0 Å². The van der Waals surface area contributed by atoms with E-state index in [9.17, 15) is 9.59 Å². The van der Waals surface area contributed by atoms with E-state index in [1.807, 2.05) is 70.3 Å². The molecular weight excluding hydrogens is 416 g/mol. The van der Waals surface area contributed by atoms with Gasteiger partial charge in [0, 0.05) is 45.5 Å². The Kier molecular flexibility index (Phi) is 8.86. The van der Waals surface area contributed by atoms with Crippen LogP contribution in [0.3, 0.4) is 0 Å². The second-order valence-electron chi connectivity index (χ2n) is 8.67. The van der Waals surface area contributed by atoms with E-state index < -0.39 is 0 Å². The predicted octanol–water partition coefficient (Wildman–Crippen LogP) is 2.92. The second-order valence-corrected chi connectivity index (χ2v) is 8.67. The number of piperazine rings is 1. The fourth-order valence-corrected chi connectivity index (χ4v) is 3.92. The molecule has 1 N–H and O–H groups in total. The van der Waals surface area contributed by atoms with Gasteiger partial charge in [0.05, 0.1) is 19.7 Å². The van der Waals surface area contributed by atoms with Gasteiger partial charge in [-0.1, -0.05) is 24.3 Å². The lowest BCUT2D eigenvalue weighted by Gasteiger charge is -2.34. The van der Waals surface area contributed by atoms with E-state index in [2.05, 4.69) is 15.1 Å². The number of carbonyl (C=O) groups excluding carboxylic acids is 2. The highest BCUT2D eigenvalue weighted by Crippen LogP contribution is 2.18. The number of nitrogens with zero attached hydrogens (tertiary/aromatic N) is 3. The highest BCUT2D eigenvalue weighted by Gasteiger charge is 2.22. The molecule has 2 aromatic rings. The van der Waals surface area contributed by atoms with Crippen molar-refractivity contribution in [2.24, 2.45) is 0 Å². The molecule has 7 heteroatoms. The van der Waals surface area contributed by atoms with E-state index in [0.717, 1.165) is 48.7 Å². The van der Waals surface area contributed by atoms with Crippen LogP contribution in [0.4, 0.5) is 5.69 Å². The van der Waals surface area contributed by atoms with E-state index in [-0.39, 0.29) is 11.8 Å². The molecule has 0 unspecified atom stereocenters. The molecule has 178 valence electrons. The van der Waals surface area contributed by atoms with Crippen LogP contribution in [0.1, 0.15) is 23.6 Å². The zero-order valence-electron chi connectivity index (χ0n) is 20.3. The van der Waals surface area contributed by atoms with Gasteiger partial charge < -0.3 is 15.0 Å². The van der Waals surface area contributed by atoms with Crippen molar-refractivity contribution in [1.29, 1.82) is 0 Å². The third kappa shape index (κ3) is 7.30.